The Morgan fingerprint density at radius 2 is 2.05 bits per heavy atom. The third kappa shape index (κ3) is 3.97. The molecule has 0 bridgehead atoms. The molecule has 3 nitrogen and oxygen atoms in total. The molecule has 0 aromatic heterocycles. The van der Waals surface area contributed by atoms with Crippen molar-refractivity contribution in [2.45, 2.75) is 57.0 Å². The molecular weight excluding hydrogens is 274 g/mol. The van der Waals surface area contributed by atoms with Gasteiger partial charge in [0.05, 0.1) is 0 Å². The molecule has 2 rings (SSSR count). The molecular formula is C16H22ClNO2. The van der Waals surface area contributed by atoms with Gasteiger partial charge in [0, 0.05) is 11.1 Å². The lowest BCUT2D eigenvalue weighted by molar-refractivity contribution is -0.140. The fourth-order valence-electron chi connectivity index (χ4n) is 2.73. The van der Waals surface area contributed by atoms with E-state index in [9.17, 15) is 9.90 Å². The van der Waals surface area contributed by atoms with Crippen LogP contribution in [0.15, 0.2) is 24.3 Å². The second-order valence-corrected chi connectivity index (χ2v) is 6.05. The molecule has 20 heavy (non-hydrogen) atoms. The van der Waals surface area contributed by atoms with Crippen LogP contribution in [-0.2, 0) is 4.79 Å². The van der Waals surface area contributed by atoms with Crippen molar-refractivity contribution in [3.63, 3.8) is 0 Å². The minimum absolute atomic E-state index is 0.327. The van der Waals surface area contributed by atoms with E-state index >= 15 is 0 Å². The Morgan fingerprint density at radius 3 is 2.60 bits per heavy atom. The van der Waals surface area contributed by atoms with E-state index in [1.165, 1.54) is 5.56 Å². The quantitative estimate of drug-likeness (QED) is 0.804. The van der Waals surface area contributed by atoms with Gasteiger partial charge in [0.15, 0.2) is 0 Å². The normalized spacial score (nSPS) is 23.1. The highest BCUT2D eigenvalue weighted by Crippen LogP contribution is 2.37. The Morgan fingerprint density at radius 1 is 1.40 bits per heavy atom. The van der Waals surface area contributed by atoms with Gasteiger partial charge in [-0.3, -0.25) is 4.79 Å². The predicted molar refractivity (Wildman–Crippen MR) is 81.3 cm³/mol. The lowest BCUT2D eigenvalue weighted by atomic mass is 9.75. The van der Waals surface area contributed by atoms with Gasteiger partial charge < -0.3 is 10.4 Å². The highest BCUT2D eigenvalue weighted by molar-refractivity contribution is 6.30. The minimum atomic E-state index is -0.728. The number of aliphatic carboxylic acids is 1. The lowest BCUT2D eigenvalue weighted by Crippen LogP contribution is -2.48. The number of carbonyl (C=O) groups is 1. The number of rotatable bonds is 7. The van der Waals surface area contributed by atoms with Gasteiger partial charge in [-0.25, -0.2) is 0 Å². The molecule has 0 heterocycles. The average Bonchev–Trinajstić information content (AvgIpc) is 2.38. The highest BCUT2D eigenvalue weighted by atomic mass is 35.5. The van der Waals surface area contributed by atoms with E-state index in [1.54, 1.807) is 0 Å². The minimum Gasteiger partial charge on any atom is -0.480 e. The molecule has 2 N–H and O–H groups in total. The van der Waals surface area contributed by atoms with Gasteiger partial charge in [0.1, 0.15) is 6.04 Å². The fourth-order valence-corrected chi connectivity index (χ4v) is 2.86. The van der Waals surface area contributed by atoms with E-state index in [-0.39, 0.29) is 0 Å². The fraction of sp³-hybridized carbons (Fsp3) is 0.562. The largest absolute Gasteiger partial charge is 0.480 e. The molecule has 0 spiro atoms. The van der Waals surface area contributed by atoms with Crippen LogP contribution in [0.1, 0.15) is 50.5 Å². The van der Waals surface area contributed by atoms with Crippen molar-refractivity contribution in [3.05, 3.63) is 34.9 Å². The van der Waals surface area contributed by atoms with Gasteiger partial charge in [0.2, 0.25) is 0 Å². The molecule has 0 amide bonds. The molecule has 1 aromatic rings. The molecule has 0 aliphatic heterocycles. The Labute approximate surface area is 125 Å². The van der Waals surface area contributed by atoms with Crippen LogP contribution in [0.3, 0.4) is 0 Å². The number of unbranched alkanes of at least 4 members (excludes halogenated alkanes) is 1. The van der Waals surface area contributed by atoms with Crippen molar-refractivity contribution < 1.29 is 9.90 Å². The number of benzene rings is 1. The van der Waals surface area contributed by atoms with E-state index in [0.717, 1.165) is 30.7 Å². The van der Waals surface area contributed by atoms with Crippen LogP contribution in [0.2, 0.25) is 5.02 Å². The first kappa shape index (κ1) is 15.3. The Bertz CT molecular complexity index is 440. The van der Waals surface area contributed by atoms with E-state index in [1.807, 2.05) is 12.1 Å². The first-order valence-corrected chi connectivity index (χ1v) is 7.72. The summed E-state index contributed by atoms with van der Waals surface area (Å²) in [5, 5.41) is 13.2. The average molecular weight is 296 g/mol. The zero-order valence-electron chi connectivity index (χ0n) is 11.8. The summed E-state index contributed by atoms with van der Waals surface area (Å²) in [7, 11) is 0. The smallest absolute Gasteiger partial charge is 0.320 e. The third-order valence-electron chi connectivity index (χ3n) is 4.06. The molecule has 1 aromatic carbocycles. The van der Waals surface area contributed by atoms with Crippen LogP contribution in [0.4, 0.5) is 0 Å². The second-order valence-electron chi connectivity index (χ2n) is 5.62. The van der Waals surface area contributed by atoms with Crippen LogP contribution < -0.4 is 5.32 Å². The molecule has 1 aliphatic rings. The lowest BCUT2D eigenvalue weighted by Gasteiger charge is -2.38. The highest BCUT2D eigenvalue weighted by Gasteiger charge is 2.32. The van der Waals surface area contributed by atoms with E-state index in [0.29, 0.717) is 18.4 Å². The first-order chi connectivity index (χ1) is 9.60. The van der Waals surface area contributed by atoms with Crippen LogP contribution in [0.25, 0.3) is 0 Å². The number of carboxylic acid groups (broad SMARTS) is 1. The van der Waals surface area contributed by atoms with E-state index < -0.39 is 12.0 Å². The van der Waals surface area contributed by atoms with Gasteiger partial charge in [0.25, 0.3) is 0 Å². The number of hydrogen-bond donors (Lipinski definition) is 2. The van der Waals surface area contributed by atoms with E-state index in [4.69, 9.17) is 11.6 Å². The number of hydrogen-bond acceptors (Lipinski definition) is 2. The first-order valence-electron chi connectivity index (χ1n) is 7.34. The summed E-state index contributed by atoms with van der Waals surface area (Å²) in [6, 6.07) is 7.89. The van der Waals surface area contributed by atoms with Gasteiger partial charge in [-0.05, 0) is 42.9 Å². The van der Waals surface area contributed by atoms with Crippen LogP contribution in [-0.4, -0.2) is 23.2 Å². The molecule has 1 fully saturated rings. The second kappa shape index (κ2) is 7.09. The van der Waals surface area contributed by atoms with Gasteiger partial charge >= 0.3 is 5.97 Å². The monoisotopic (exact) mass is 295 g/mol. The zero-order chi connectivity index (χ0) is 14.5. The number of nitrogens with one attached hydrogen (secondary N) is 1. The van der Waals surface area contributed by atoms with Crippen molar-refractivity contribution >= 4 is 17.6 Å². The molecule has 1 atom stereocenters. The molecule has 1 saturated carbocycles. The number of halogens is 1. The zero-order valence-corrected chi connectivity index (χ0v) is 12.6. The van der Waals surface area contributed by atoms with Crippen molar-refractivity contribution in [2.24, 2.45) is 0 Å². The predicted octanol–water partition coefficient (Wildman–Crippen LogP) is 3.82. The van der Waals surface area contributed by atoms with Crippen molar-refractivity contribution in [1.29, 1.82) is 0 Å². The van der Waals surface area contributed by atoms with Crippen LogP contribution in [0.5, 0.6) is 0 Å². The van der Waals surface area contributed by atoms with Crippen LogP contribution in [0, 0.1) is 0 Å². The third-order valence-corrected chi connectivity index (χ3v) is 4.31. The maximum Gasteiger partial charge on any atom is 0.320 e. The van der Waals surface area contributed by atoms with Gasteiger partial charge in [-0.1, -0.05) is 43.5 Å². The van der Waals surface area contributed by atoms with Gasteiger partial charge in [-0.2, -0.15) is 0 Å². The SMILES string of the molecule is CCCC[C@H](NC1CC(c2ccc(Cl)cc2)C1)C(=O)O. The van der Waals surface area contributed by atoms with Crippen molar-refractivity contribution in [1.82, 2.24) is 5.32 Å². The summed E-state index contributed by atoms with van der Waals surface area (Å²) in [6.07, 6.45) is 4.73. The molecule has 0 unspecified atom stereocenters. The topological polar surface area (TPSA) is 49.3 Å². The summed E-state index contributed by atoms with van der Waals surface area (Å²) >= 11 is 5.88. The number of carboxylic acids is 1. The van der Waals surface area contributed by atoms with E-state index in [2.05, 4.69) is 24.4 Å². The Hall–Kier alpha value is -1.06. The molecule has 110 valence electrons. The Kier molecular flexibility index (Phi) is 5.44. The standard InChI is InChI=1S/C16H22ClNO2/c1-2-3-4-15(16(19)20)18-14-9-12(10-14)11-5-7-13(17)8-6-11/h5-8,12,14-15,18H,2-4,9-10H2,1H3,(H,19,20)/t12?,14?,15-/m0/s1. The summed E-state index contributed by atoms with van der Waals surface area (Å²) in [6.45, 7) is 2.08. The molecule has 1 aliphatic carbocycles. The summed E-state index contributed by atoms with van der Waals surface area (Å²) < 4.78 is 0. The summed E-state index contributed by atoms with van der Waals surface area (Å²) in [5.74, 6) is -0.196. The Balaban J connectivity index is 1.80. The van der Waals surface area contributed by atoms with Crippen molar-refractivity contribution in [2.75, 3.05) is 0 Å². The summed E-state index contributed by atoms with van der Waals surface area (Å²) in [5.41, 5.74) is 1.30. The molecule has 4 heteroatoms. The maximum absolute atomic E-state index is 11.2. The molecule has 0 radical (unpaired) electrons. The maximum atomic E-state index is 11.2. The summed E-state index contributed by atoms with van der Waals surface area (Å²) in [4.78, 5) is 11.2. The van der Waals surface area contributed by atoms with Gasteiger partial charge in [-0.15, -0.1) is 0 Å². The van der Waals surface area contributed by atoms with Crippen LogP contribution >= 0.6 is 11.6 Å². The van der Waals surface area contributed by atoms with Crippen molar-refractivity contribution in [3.8, 4) is 0 Å². The molecule has 0 saturated heterocycles.